The smallest absolute Gasteiger partial charge is 0.227 e. The summed E-state index contributed by atoms with van der Waals surface area (Å²) in [7, 11) is 0. The Morgan fingerprint density at radius 3 is 3.18 bits per heavy atom. The second-order valence-electron chi connectivity index (χ2n) is 5.54. The highest BCUT2D eigenvalue weighted by molar-refractivity contribution is 5.83. The molecule has 2 aromatic rings. The summed E-state index contributed by atoms with van der Waals surface area (Å²) in [5, 5.41) is 10.2. The van der Waals surface area contributed by atoms with Crippen LogP contribution >= 0.6 is 0 Å². The lowest BCUT2D eigenvalue weighted by Gasteiger charge is -2.35. The van der Waals surface area contributed by atoms with Gasteiger partial charge >= 0.3 is 0 Å². The van der Waals surface area contributed by atoms with Crippen molar-refractivity contribution in [3.8, 4) is 0 Å². The van der Waals surface area contributed by atoms with Crippen LogP contribution in [0.5, 0.6) is 0 Å². The van der Waals surface area contributed by atoms with Crippen molar-refractivity contribution in [3.05, 3.63) is 42.1 Å². The van der Waals surface area contributed by atoms with Crippen LogP contribution < -0.4 is 0 Å². The summed E-state index contributed by atoms with van der Waals surface area (Å²) in [5.74, 6) is 0.0806. The summed E-state index contributed by atoms with van der Waals surface area (Å²) in [5.41, 5.74) is 1.87. The van der Waals surface area contributed by atoms with E-state index in [9.17, 15) is 4.79 Å². The number of aliphatic hydroxyl groups excluding tert-OH is 1. The maximum absolute atomic E-state index is 12.6. The van der Waals surface area contributed by atoms with Crippen LogP contribution in [-0.2, 0) is 16.0 Å². The molecule has 0 unspecified atom stereocenters. The number of morpholine rings is 1. The molecule has 0 spiro atoms. The second kappa shape index (κ2) is 6.85. The Kier molecular flexibility index (Phi) is 4.65. The third-order valence-electron chi connectivity index (χ3n) is 4.04. The molecule has 1 N–H and O–H groups in total. The molecule has 22 heavy (non-hydrogen) atoms. The van der Waals surface area contributed by atoms with Gasteiger partial charge in [-0.05, 0) is 24.1 Å². The fourth-order valence-electron chi connectivity index (χ4n) is 2.87. The van der Waals surface area contributed by atoms with Crippen LogP contribution in [0.3, 0.4) is 0 Å². The normalized spacial score (nSPS) is 18.6. The minimum absolute atomic E-state index is 0.0233. The largest absolute Gasteiger partial charge is 0.396 e. The van der Waals surface area contributed by atoms with Gasteiger partial charge in [0.25, 0.3) is 0 Å². The highest BCUT2D eigenvalue weighted by Crippen LogP contribution is 2.16. The van der Waals surface area contributed by atoms with Crippen molar-refractivity contribution in [3.63, 3.8) is 0 Å². The Balaban J connectivity index is 1.73. The van der Waals surface area contributed by atoms with Gasteiger partial charge in [0.15, 0.2) is 0 Å². The highest BCUT2D eigenvalue weighted by Gasteiger charge is 2.26. The minimum atomic E-state index is -0.0233. The first-order valence-corrected chi connectivity index (χ1v) is 7.59. The number of nitrogens with zero attached hydrogens (tertiary/aromatic N) is 2. The zero-order valence-electron chi connectivity index (χ0n) is 12.4. The Morgan fingerprint density at radius 2 is 2.32 bits per heavy atom. The van der Waals surface area contributed by atoms with Crippen molar-refractivity contribution in [2.45, 2.75) is 18.9 Å². The maximum Gasteiger partial charge on any atom is 0.227 e. The molecule has 1 saturated heterocycles. The van der Waals surface area contributed by atoms with Gasteiger partial charge in [-0.15, -0.1) is 0 Å². The van der Waals surface area contributed by atoms with E-state index < -0.39 is 0 Å². The number of benzene rings is 1. The van der Waals surface area contributed by atoms with E-state index >= 15 is 0 Å². The van der Waals surface area contributed by atoms with Crippen LogP contribution in [0.2, 0.25) is 0 Å². The van der Waals surface area contributed by atoms with Crippen LogP contribution in [0, 0.1) is 0 Å². The van der Waals surface area contributed by atoms with Crippen LogP contribution in [0.25, 0.3) is 10.9 Å². The average molecular weight is 300 g/mol. The maximum atomic E-state index is 12.6. The third-order valence-corrected chi connectivity index (χ3v) is 4.04. The van der Waals surface area contributed by atoms with Gasteiger partial charge in [0.2, 0.25) is 5.91 Å². The fourth-order valence-corrected chi connectivity index (χ4v) is 2.87. The van der Waals surface area contributed by atoms with Gasteiger partial charge < -0.3 is 14.7 Å². The molecule has 1 atom stereocenters. The van der Waals surface area contributed by atoms with Gasteiger partial charge in [-0.2, -0.15) is 0 Å². The van der Waals surface area contributed by atoms with Crippen LogP contribution in [0.15, 0.2) is 36.5 Å². The Morgan fingerprint density at radius 1 is 1.41 bits per heavy atom. The number of pyridine rings is 1. The molecule has 0 aliphatic carbocycles. The minimum Gasteiger partial charge on any atom is -0.396 e. The summed E-state index contributed by atoms with van der Waals surface area (Å²) in [6.45, 7) is 1.73. The first-order valence-electron chi connectivity index (χ1n) is 7.59. The number of hydrogen-bond donors (Lipinski definition) is 1. The number of fused-ring (bicyclic) bond motifs is 1. The molecule has 1 fully saturated rings. The van der Waals surface area contributed by atoms with Crippen molar-refractivity contribution in [2.75, 3.05) is 26.4 Å². The lowest BCUT2D eigenvalue weighted by molar-refractivity contribution is -0.139. The lowest BCUT2D eigenvalue weighted by atomic mass is 10.1. The van der Waals surface area contributed by atoms with Gasteiger partial charge in [-0.3, -0.25) is 9.78 Å². The first kappa shape index (κ1) is 14.9. The molecule has 3 rings (SSSR count). The Bertz CT molecular complexity index is 657. The van der Waals surface area contributed by atoms with E-state index in [0.717, 1.165) is 16.5 Å². The van der Waals surface area contributed by atoms with Gasteiger partial charge in [0, 0.05) is 24.7 Å². The molecule has 0 saturated carbocycles. The molecular formula is C17H20N2O3. The Hall–Kier alpha value is -1.98. The number of aromatic nitrogens is 1. The average Bonchev–Trinajstić information content (AvgIpc) is 2.55. The molecule has 1 aliphatic rings. The van der Waals surface area contributed by atoms with Crippen LogP contribution in [0.1, 0.15) is 12.0 Å². The third kappa shape index (κ3) is 3.26. The number of carbonyl (C=O) groups excluding carboxylic acids is 1. The molecular weight excluding hydrogens is 280 g/mol. The van der Waals surface area contributed by atoms with E-state index in [4.69, 9.17) is 9.84 Å². The Labute approximate surface area is 129 Å². The van der Waals surface area contributed by atoms with Gasteiger partial charge in [-0.1, -0.05) is 18.2 Å². The summed E-state index contributed by atoms with van der Waals surface area (Å²) >= 11 is 0. The van der Waals surface area contributed by atoms with Gasteiger partial charge in [-0.25, -0.2) is 0 Å². The van der Waals surface area contributed by atoms with Crippen molar-refractivity contribution < 1.29 is 14.6 Å². The van der Waals surface area contributed by atoms with Crippen LogP contribution in [-0.4, -0.2) is 53.3 Å². The fraction of sp³-hybridized carbons (Fsp3) is 0.412. The van der Waals surface area contributed by atoms with E-state index in [2.05, 4.69) is 4.98 Å². The molecule has 2 heterocycles. The topological polar surface area (TPSA) is 62.7 Å². The summed E-state index contributed by atoms with van der Waals surface area (Å²) in [6, 6.07) is 9.83. The zero-order chi connectivity index (χ0) is 15.4. The lowest BCUT2D eigenvalue weighted by Crippen LogP contribution is -2.49. The first-order chi connectivity index (χ1) is 10.8. The molecule has 5 nitrogen and oxygen atoms in total. The van der Waals surface area contributed by atoms with Crippen LogP contribution in [0.4, 0.5) is 0 Å². The number of hydrogen-bond acceptors (Lipinski definition) is 4. The van der Waals surface area contributed by atoms with Crippen molar-refractivity contribution in [1.29, 1.82) is 0 Å². The molecule has 116 valence electrons. The van der Waals surface area contributed by atoms with E-state index in [1.54, 1.807) is 6.20 Å². The number of carbonyl (C=O) groups is 1. The molecule has 1 aromatic carbocycles. The van der Waals surface area contributed by atoms with E-state index in [0.29, 0.717) is 32.6 Å². The quantitative estimate of drug-likeness (QED) is 0.927. The SMILES string of the molecule is O=C(Cc1ccc2cccnc2c1)N1CCOC[C@@H]1CCO. The predicted molar refractivity (Wildman–Crippen MR) is 83.5 cm³/mol. The van der Waals surface area contributed by atoms with E-state index in [1.807, 2.05) is 35.2 Å². The molecule has 1 aliphatic heterocycles. The molecule has 0 radical (unpaired) electrons. The number of amides is 1. The van der Waals surface area contributed by atoms with Gasteiger partial charge in [0.05, 0.1) is 31.2 Å². The summed E-state index contributed by atoms with van der Waals surface area (Å²) < 4.78 is 5.41. The summed E-state index contributed by atoms with van der Waals surface area (Å²) in [6.07, 6.45) is 2.67. The molecule has 1 amide bonds. The monoisotopic (exact) mass is 300 g/mol. The second-order valence-corrected chi connectivity index (χ2v) is 5.54. The summed E-state index contributed by atoms with van der Waals surface area (Å²) in [4.78, 5) is 18.7. The van der Waals surface area contributed by atoms with Crippen molar-refractivity contribution >= 4 is 16.8 Å². The van der Waals surface area contributed by atoms with Crippen molar-refractivity contribution in [2.24, 2.45) is 0 Å². The molecule has 5 heteroatoms. The standard InChI is InChI=1S/C17H20N2O3/c20-8-5-15-12-22-9-7-19(15)17(21)11-13-3-4-14-2-1-6-18-16(14)10-13/h1-4,6,10,15,20H,5,7-9,11-12H2/t15-/m0/s1. The number of ether oxygens (including phenoxy) is 1. The predicted octanol–water partition coefficient (Wildman–Crippen LogP) is 1.39. The zero-order valence-corrected chi connectivity index (χ0v) is 12.4. The molecule has 1 aromatic heterocycles. The van der Waals surface area contributed by atoms with Crippen molar-refractivity contribution in [1.82, 2.24) is 9.88 Å². The van der Waals surface area contributed by atoms with E-state index in [-0.39, 0.29) is 18.6 Å². The number of aliphatic hydroxyl groups is 1. The highest BCUT2D eigenvalue weighted by atomic mass is 16.5. The number of rotatable bonds is 4. The van der Waals surface area contributed by atoms with E-state index in [1.165, 1.54) is 0 Å². The molecule has 0 bridgehead atoms. The van der Waals surface area contributed by atoms with Gasteiger partial charge in [0.1, 0.15) is 0 Å².